The molecule has 1 unspecified atom stereocenters. The number of nitriles is 1. The molecule has 3 aromatic rings. The Kier molecular flexibility index (Phi) is 7.52. The SMILES string of the molecule is CCc1ccc(C(C#N)NC(=O)c2cn(CCNC(=O)c3ccc(Cl)cc3F)nn2)cc1. The minimum absolute atomic E-state index is 0.0329. The summed E-state index contributed by atoms with van der Waals surface area (Å²) in [5.74, 6) is -1.86. The summed E-state index contributed by atoms with van der Waals surface area (Å²) in [6, 6.07) is 12.4. The third kappa shape index (κ3) is 5.68. The second-order valence-electron chi connectivity index (χ2n) is 6.88. The standard InChI is InChI=1S/C22H20ClFN6O2/c1-2-14-3-5-15(6-4-14)19(12-25)27-22(32)20-13-30(29-28-20)10-9-26-21(31)17-8-7-16(23)11-18(17)24/h3-8,11,13,19H,2,9-10H2,1H3,(H,26,31)(H,27,32). The second-order valence-corrected chi connectivity index (χ2v) is 7.31. The van der Waals surface area contributed by atoms with Gasteiger partial charge in [-0.3, -0.25) is 9.59 Å². The molecular formula is C22H20ClFN6O2. The van der Waals surface area contributed by atoms with Crippen LogP contribution >= 0.6 is 11.6 Å². The van der Waals surface area contributed by atoms with Crippen LogP contribution in [-0.4, -0.2) is 33.4 Å². The van der Waals surface area contributed by atoms with Crippen molar-refractivity contribution < 1.29 is 14.0 Å². The fourth-order valence-corrected chi connectivity index (χ4v) is 3.06. The highest BCUT2D eigenvalue weighted by Crippen LogP contribution is 2.15. The van der Waals surface area contributed by atoms with E-state index in [0.29, 0.717) is 5.56 Å². The molecule has 2 amide bonds. The zero-order valence-electron chi connectivity index (χ0n) is 17.2. The minimum Gasteiger partial charge on any atom is -0.350 e. The lowest BCUT2D eigenvalue weighted by atomic mass is 10.0. The lowest BCUT2D eigenvalue weighted by molar-refractivity contribution is 0.0934. The molecule has 0 radical (unpaired) electrons. The zero-order valence-corrected chi connectivity index (χ0v) is 17.9. The van der Waals surface area contributed by atoms with Gasteiger partial charge in [0.05, 0.1) is 24.4 Å². The average Bonchev–Trinajstić information content (AvgIpc) is 3.26. The molecule has 0 saturated heterocycles. The number of nitrogens with one attached hydrogen (secondary N) is 2. The van der Waals surface area contributed by atoms with Gasteiger partial charge in [0, 0.05) is 11.6 Å². The molecule has 164 valence electrons. The number of hydrogen-bond acceptors (Lipinski definition) is 5. The van der Waals surface area contributed by atoms with Crippen LogP contribution in [0.4, 0.5) is 4.39 Å². The molecule has 8 nitrogen and oxygen atoms in total. The molecular weight excluding hydrogens is 435 g/mol. The molecule has 0 bridgehead atoms. The predicted molar refractivity (Wildman–Crippen MR) is 115 cm³/mol. The summed E-state index contributed by atoms with van der Waals surface area (Å²) in [4.78, 5) is 24.5. The molecule has 0 aliphatic carbocycles. The molecule has 2 aromatic carbocycles. The molecule has 2 N–H and O–H groups in total. The van der Waals surface area contributed by atoms with Crippen molar-refractivity contribution >= 4 is 23.4 Å². The Balaban J connectivity index is 1.54. The van der Waals surface area contributed by atoms with Crippen LogP contribution in [-0.2, 0) is 13.0 Å². The van der Waals surface area contributed by atoms with E-state index in [1.807, 2.05) is 19.1 Å². The maximum absolute atomic E-state index is 13.8. The van der Waals surface area contributed by atoms with E-state index in [0.717, 1.165) is 18.1 Å². The average molecular weight is 455 g/mol. The minimum atomic E-state index is -0.827. The van der Waals surface area contributed by atoms with Gasteiger partial charge < -0.3 is 10.6 Å². The highest BCUT2D eigenvalue weighted by molar-refractivity contribution is 6.30. The molecule has 1 atom stereocenters. The van der Waals surface area contributed by atoms with Gasteiger partial charge >= 0.3 is 0 Å². The topological polar surface area (TPSA) is 113 Å². The highest BCUT2D eigenvalue weighted by atomic mass is 35.5. The van der Waals surface area contributed by atoms with Gasteiger partial charge in [0.25, 0.3) is 11.8 Å². The van der Waals surface area contributed by atoms with Crippen LogP contribution in [0.2, 0.25) is 5.02 Å². The number of hydrogen-bond donors (Lipinski definition) is 2. The van der Waals surface area contributed by atoms with E-state index in [1.54, 1.807) is 12.1 Å². The Morgan fingerprint density at radius 1 is 1.22 bits per heavy atom. The summed E-state index contributed by atoms with van der Waals surface area (Å²) in [6.07, 6.45) is 2.28. The van der Waals surface area contributed by atoms with E-state index in [4.69, 9.17) is 11.6 Å². The van der Waals surface area contributed by atoms with Crippen molar-refractivity contribution in [1.82, 2.24) is 25.6 Å². The van der Waals surface area contributed by atoms with Crippen molar-refractivity contribution in [1.29, 1.82) is 5.26 Å². The predicted octanol–water partition coefficient (Wildman–Crippen LogP) is 3.06. The summed E-state index contributed by atoms with van der Waals surface area (Å²) in [5, 5.41) is 22.5. The first kappa shape index (κ1) is 22.9. The van der Waals surface area contributed by atoms with Gasteiger partial charge in [0.2, 0.25) is 0 Å². The summed E-state index contributed by atoms with van der Waals surface area (Å²) in [6.45, 7) is 2.38. The second kappa shape index (κ2) is 10.5. The van der Waals surface area contributed by atoms with Gasteiger partial charge in [-0.05, 0) is 35.7 Å². The molecule has 1 heterocycles. The molecule has 3 rings (SSSR count). The normalized spacial score (nSPS) is 11.4. The van der Waals surface area contributed by atoms with Crippen molar-refractivity contribution in [2.24, 2.45) is 0 Å². The first-order valence-electron chi connectivity index (χ1n) is 9.84. The molecule has 0 aliphatic heterocycles. The smallest absolute Gasteiger partial charge is 0.274 e. The number of aromatic nitrogens is 3. The Morgan fingerprint density at radius 2 is 1.97 bits per heavy atom. The van der Waals surface area contributed by atoms with Gasteiger partial charge in [0.1, 0.15) is 11.9 Å². The number of rotatable bonds is 8. The maximum Gasteiger partial charge on any atom is 0.274 e. The summed E-state index contributed by atoms with van der Waals surface area (Å²) >= 11 is 5.68. The van der Waals surface area contributed by atoms with Crippen LogP contribution in [0.15, 0.2) is 48.7 Å². The number of benzene rings is 2. The van der Waals surface area contributed by atoms with Crippen LogP contribution in [0.1, 0.15) is 44.9 Å². The molecule has 32 heavy (non-hydrogen) atoms. The summed E-state index contributed by atoms with van der Waals surface area (Å²) in [5.41, 5.74) is 1.71. The quantitative estimate of drug-likeness (QED) is 0.543. The van der Waals surface area contributed by atoms with Crippen LogP contribution in [0, 0.1) is 17.1 Å². The fourth-order valence-electron chi connectivity index (χ4n) is 2.91. The van der Waals surface area contributed by atoms with Gasteiger partial charge in [-0.2, -0.15) is 5.26 Å². The van der Waals surface area contributed by atoms with Gasteiger partial charge in [-0.15, -0.1) is 5.10 Å². The van der Waals surface area contributed by atoms with Crippen molar-refractivity contribution in [3.05, 3.63) is 81.9 Å². The van der Waals surface area contributed by atoms with Gasteiger partial charge in [-0.25, -0.2) is 9.07 Å². The van der Waals surface area contributed by atoms with E-state index in [2.05, 4.69) is 27.0 Å². The van der Waals surface area contributed by atoms with E-state index in [9.17, 15) is 19.2 Å². The van der Waals surface area contributed by atoms with Gasteiger partial charge in [-0.1, -0.05) is 48.0 Å². The van der Waals surface area contributed by atoms with Crippen molar-refractivity contribution in [2.45, 2.75) is 25.9 Å². The van der Waals surface area contributed by atoms with Crippen molar-refractivity contribution in [3.8, 4) is 6.07 Å². The van der Waals surface area contributed by atoms with Gasteiger partial charge in [0.15, 0.2) is 5.69 Å². The fraction of sp³-hybridized carbons (Fsp3) is 0.227. The van der Waals surface area contributed by atoms with Crippen LogP contribution in [0.25, 0.3) is 0 Å². The molecule has 10 heteroatoms. The Labute approximate surface area is 189 Å². The number of amides is 2. The number of carbonyl (C=O) groups excluding carboxylic acids is 2. The highest BCUT2D eigenvalue weighted by Gasteiger charge is 2.18. The largest absolute Gasteiger partial charge is 0.350 e. The van der Waals surface area contributed by atoms with Crippen LogP contribution in [0.3, 0.4) is 0 Å². The Bertz CT molecular complexity index is 1160. The summed E-state index contributed by atoms with van der Waals surface area (Å²) < 4.78 is 15.2. The van der Waals surface area contributed by atoms with E-state index < -0.39 is 23.7 Å². The molecule has 0 saturated carbocycles. The number of halogens is 2. The lowest BCUT2D eigenvalue weighted by Gasteiger charge is -2.11. The first-order chi connectivity index (χ1) is 15.4. The van der Waals surface area contributed by atoms with E-state index in [1.165, 1.54) is 23.0 Å². The molecule has 1 aromatic heterocycles. The Hall–Kier alpha value is -3.77. The van der Waals surface area contributed by atoms with Crippen LogP contribution < -0.4 is 10.6 Å². The third-order valence-corrected chi connectivity index (χ3v) is 4.93. The van der Waals surface area contributed by atoms with Crippen LogP contribution in [0.5, 0.6) is 0 Å². The molecule has 0 fully saturated rings. The van der Waals surface area contributed by atoms with Crippen molar-refractivity contribution in [3.63, 3.8) is 0 Å². The maximum atomic E-state index is 13.8. The third-order valence-electron chi connectivity index (χ3n) is 4.70. The molecule has 0 aliphatic rings. The summed E-state index contributed by atoms with van der Waals surface area (Å²) in [7, 11) is 0. The Morgan fingerprint density at radius 3 is 2.62 bits per heavy atom. The monoisotopic (exact) mass is 454 g/mol. The first-order valence-corrected chi connectivity index (χ1v) is 10.2. The number of aryl methyl sites for hydroxylation is 1. The van der Waals surface area contributed by atoms with E-state index >= 15 is 0 Å². The zero-order chi connectivity index (χ0) is 23.1. The lowest BCUT2D eigenvalue weighted by Crippen LogP contribution is -2.28. The number of carbonyl (C=O) groups is 2. The molecule has 0 spiro atoms. The van der Waals surface area contributed by atoms with Crippen molar-refractivity contribution in [2.75, 3.05) is 6.54 Å². The van der Waals surface area contributed by atoms with E-state index in [-0.39, 0.29) is 29.4 Å². The number of nitrogens with zero attached hydrogens (tertiary/aromatic N) is 4.